The van der Waals surface area contributed by atoms with E-state index in [-0.39, 0.29) is 30.4 Å². The molecule has 0 spiro atoms. The number of benzene rings is 3. The Hall–Kier alpha value is -3.26. The second-order valence-corrected chi connectivity index (χ2v) is 10.1. The van der Waals surface area contributed by atoms with Crippen LogP contribution in [-0.2, 0) is 16.2 Å². The van der Waals surface area contributed by atoms with Crippen molar-refractivity contribution in [3.63, 3.8) is 0 Å². The van der Waals surface area contributed by atoms with E-state index >= 15 is 0 Å². The summed E-state index contributed by atoms with van der Waals surface area (Å²) in [5, 5.41) is 0.611. The number of hydroxylamine groups is 1. The second-order valence-electron chi connectivity index (χ2n) is 9.67. The normalized spacial score (nSPS) is 23.4. The molecule has 0 bridgehead atoms. The first-order chi connectivity index (χ1) is 17.9. The van der Waals surface area contributed by atoms with Crippen molar-refractivity contribution in [2.45, 2.75) is 56.3 Å². The van der Waals surface area contributed by atoms with Crippen molar-refractivity contribution in [3.05, 3.63) is 106 Å². The average molecular weight is 522 g/mol. The van der Waals surface area contributed by atoms with Gasteiger partial charge >= 0.3 is 0 Å². The van der Waals surface area contributed by atoms with Gasteiger partial charge in [-0.2, -0.15) is 0 Å². The summed E-state index contributed by atoms with van der Waals surface area (Å²) in [5.41, 5.74) is 11.7. The van der Waals surface area contributed by atoms with Crippen LogP contribution < -0.4 is 11.2 Å². The number of nitrogens with two attached hydrogens (primary N) is 1. The molecule has 4 unspecified atom stereocenters. The van der Waals surface area contributed by atoms with Crippen molar-refractivity contribution in [2.24, 2.45) is 5.73 Å². The lowest BCUT2D eigenvalue weighted by atomic mass is 9.76. The number of rotatable bonds is 6. The number of fused-ring (bicyclic) bond motifs is 1. The molecule has 0 radical (unpaired) electrons. The molecule has 6 nitrogen and oxygen atoms in total. The number of amides is 2. The van der Waals surface area contributed by atoms with E-state index in [0.717, 1.165) is 31.2 Å². The molecule has 3 N–H and O–H groups in total. The molecule has 1 aliphatic heterocycles. The first kappa shape index (κ1) is 25.4. The van der Waals surface area contributed by atoms with Gasteiger partial charge in [0, 0.05) is 22.7 Å². The molecular formula is C29H29ClFN3O3. The molecule has 5 rings (SSSR count). The summed E-state index contributed by atoms with van der Waals surface area (Å²) >= 11 is 5.95. The molecule has 37 heavy (non-hydrogen) atoms. The minimum atomic E-state index is -0.779. The molecule has 3 aromatic rings. The standard InChI is InChI=1S/C29H29ClFN3O3/c30-20-13-9-18(10-14-20)17-37-33-28(35)26-22-5-1-2-6-23(22)29(36)34(25-8-4-3-7-24(25)32)27(26)19-11-15-21(31)16-12-19/h1-2,5-6,9-16,24-27H,3-4,7-8,17,32H2,(H,33,35). The minimum absolute atomic E-state index is 0.147. The summed E-state index contributed by atoms with van der Waals surface area (Å²) < 4.78 is 13.9. The molecule has 0 aromatic heterocycles. The fourth-order valence-electron chi connectivity index (χ4n) is 5.53. The van der Waals surface area contributed by atoms with Crippen molar-refractivity contribution in [1.82, 2.24) is 10.4 Å². The Morgan fingerprint density at radius 3 is 2.46 bits per heavy atom. The maximum Gasteiger partial charge on any atom is 0.255 e. The van der Waals surface area contributed by atoms with E-state index in [1.165, 1.54) is 12.1 Å². The van der Waals surface area contributed by atoms with Crippen LogP contribution in [-0.4, -0.2) is 28.8 Å². The van der Waals surface area contributed by atoms with E-state index in [4.69, 9.17) is 22.2 Å². The summed E-state index contributed by atoms with van der Waals surface area (Å²) in [6, 6.07) is 19.1. The summed E-state index contributed by atoms with van der Waals surface area (Å²) in [7, 11) is 0. The molecule has 8 heteroatoms. The first-order valence-electron chi connectivity index (χ1n) is 12.5. The largest absolute Gasteiger partial charge is 0.326 e. The highest BCUT2D eigenvalue weighted by Crippen LogP contribution is 2.45. The Balaban J connectivity index is 1.52. The van der Waals surface area contributed by atoms with Gasteiger partial charge < -0.3 is 10.6 Å². The molecule has 2 amide bonds. The SMILES string of the molecule is NC1CCCCC1N1C(=O)c2ccccc2C(C(=O)NOCc2ccc(Cl)cc2)C1c1ccc(F)cc1. The third kappa shape index (κ3) is 5.25. The number of carbonyl (C=O) groups is 2. The van der Waals surface area contributed by atoms with Gasteiger partial charge in [-0.25, -0.2) is 9.87 Å². The van der Waals surface area contributed by atoms with Crippen LogP contribution in [0.25, 0.3) is 0 Å². The third-order valence-electron chi connectivity index (χ3n) is 7.33. The third-order valence-corrected chi connectivity index (χ3v) is 7.59. The minimum Gasteiger partial charge on any atom is -0.326 e. The Morgan fingerprint density at radius 2 is 1.73 bits per heavy atom. The Kier molecular flexibility index (Phi) is 7.55. The van der Waals surface area contributed by atoms with Crippen LogP contribution in [0.5, 0.6) is 0 Å². The Bertz CT molecular complexity index is 1270. The zero-order valence-corrected chi connectivity index (χ0v) is 21.0. The van der Waals surface area contributed by atoms with Crippen LogP contribution in [0, 0.1) is 5.82 Å². The van der Waals surface area contributed by atoms with Gasteiger partial charge in [-0.3, -0.25) is 14.4 Å². The van der Waals surface area contributed by atoms with E-state index in [2.05, 4.69) is 5.48 Å². The maximum atomic E-state index is 13.9. The number of hydrogen-bond acceptors (Lipinski definition) is 4. The van der Waals surface area contributed by atoms with Gasteiger partial charge in [0.05, 0.1) is 18.6 Å². The molecule has 1 fully saturated rings. The number of halogens is 2. The molecular weight excluding hydrogens is 493 g/mol. The second kappa shape index (κ2) is 11.0. The van der Waals surface area contributed by atoms with Gasteiger partial charge in [0.1, 0.15) is 5.82 Å². The highest BCUT2D eigenvalue weighted by Gasteiger charge is 2.48. The predicted octanol–water partition coefficient (Wildman–Crippen LogP) is 5.28. The topological polar surface area (TPSA) is 84.7 Å². The van der Waals surface area contributed by atoms with Crippen LogP contribution in [0.1, 0.15) is 64.7 Å². The van der Waals surface area contributed by atoms with E-state index in [0.29, 0.717) is 21.7 Å². The quantitative estimate of drug-likeness (QED) is 0.432. The average Bonchev–Trinajstić information content (AvgIpc) is 2.91. The lowest BCUT2D eigenvalue weighted by Gasteiger charge is -2.48. The summed E-state index contributed by atoms with van der Waals surface area (Å²) in [6.07, 6.45) is 3.49. The summed E-state index contributed by atoms with van der Waals surface area (Å²) in [5.74, 6) is -1.73. The van der Waals surface area contributed by atoms with E-state index in [9.17, 15) is 14.0 Å². The summed E-state index contributed by atoms with van der Waals surface area (Å²) in [6.45, 7) is 0.147. The van der Waals surface area contributed by atoms with E-state index in [1.54, 1.807) is 47.4 Å². The van der Waals surface area contributed by atoms with Crippen molar-refractivity contribution in [2.75, 3.05) is 0 Å². The highest BCUT2D eigenvalue weighted by atomic mass is 35.5. The fourth-order valence-corrected chi connectivity index (χ4v) is 5.66. The Labute approximate surface area is 220 Å². The number of carbonyl (C=O) groups excluding carboxylic acids is 2. The van der Waals surface area contributed by atoms with E-state index in [1.807, 2.05) is 18.2 Å². The molecule has 1 saturated carbocycles. The Morgan fingerprint density at radius 1 is 1.03 bits per heavy atom. The first-order valence-corrected chi connectivity index (χ1v) is 12.9. The maximum absolute atomic E-state index is 13.9. The number of nitrogens with one attached hydrogen (secondary N) is 1. The number of nitrogens with zero attached hydrogens (tertiary/aromatic N) is 1. The van der Waals surface area contributed by atoms with Crippen LogP contribution in [0.3, 0.4) is 0 Å². The molecule has 1 heterocycles. The van der Waals surface area contributed by atoms with Crippen molar-refractivity contribution >= 4 is 23.4 Å². The summed E-state index contributed by atoms with van der Waals surface area (Å²) in [4.78, 5) is 35.1. The molecule has 192 valence electrons. The van der Waals surface area contributed by atoms with Crippen LogP contribution >= 0.6 is 11.6 Å². The molecule has 1 aliphatic carbocycles. The van der Waals surface area contributed by atoms with Crippen molar-refractivity contribution in [3.8, 4) is 0 Å². The lowest BCUT2D eigenvalue weighted by Crippen LogP contribution is -2.57. The van der Waals surface area contributed by atoms with E-state index < -0.39 is 17.9 Å². The van der Waals surface area contributed by atoms with Gasteiger partial charge in [-0.05, 0) is 59.9 Å². The van der Waals surface area contributed by atoms with Crippen LogP contribution in [0.2, 0.25) is 5.02 Å². The monoisotopic (exact) mass is 521 g/mol. The van der Waals surface area contributed by atoms with Crippen molar-refractivity contribution < 1.29 is 18.8 Å². The van der Waals surface area contributed by atoms with Crippen molar-refractivity contribution in [1.29, 1.82) is 0 Å². The van der Waals surface area contributed by atoms with Gasteiger partial charge in [0.2, 0.25) is 0 Å². The molecule has 3 aromatic carbocycles. The molecule has 2 aliphatic rings. The van der Waals surface area contributed by atoms with Crippen LogP contribution in [0.15, 0.2) is 72.8 Å². The molecule has 0 saturated heterocycles. The van der Waals surface area contributed by atoms with Gasteiger partial charge in [-0.15, -0.1) is 0 Å². The zero-order chi connectivity index (χ0) is 25.9. The lowest BCUT2D eigenvalue weighted by molar-refractivity contribution is -0.138. The smallest absolute Gasteiger partial charge is 0.255 e. The fraction of sp³-hybridized carbons (Fsp3) is 0.310. The van der Waals surface area contributed by atoms with Crippen LogP contribution in [0.4, 0.5) is 4.39 Å². The zero-order valence-electron chi connectivity index (χ0n) is 20.3. The highest BCUT2D eigenvalue weighted by molar-refractivity contribution is 6.30. The number of hydrogen-bond donors (Lipinski definition) is 2. The van der Waals surface area contributed by atoms with Gasteiger partial charge in [0.15, 0.2) is 0 Å². The van der Waals surface area contributed by atoms with Gasteiger partial charge in [-0.1, -0.05) is 66.9 Å². The molecule has 4 atom stereocenters. The van der Waals surface area contributed by atoms with Gasteiger partial charge in [0.25, 0.3) is 11.8 Å². The predicted molar refractivity (Wildman–Crippen MR) is 139 cm³/mol.